The van der Waals surface area contributed by atoms with Crippen molar-refractivity contribution in [3.05, 3.63) is 93.0 Å². The van der Waals surface area contributed by atoms with E-state index in [1.807, 2.05) is 43.3 Å². The number of pyridine rings is 1. The molecule has 0 aliphatic rings. The molecule has 0 atom stereocenters. The van der Waals surface area contributed by atoms with Gasteiger partial charge in [0.25, 0.3) is 5.56 Å². The average molecular weight is 332 g/mol. The number of nitriles is 1. The van der Waals surface area contributed by atoms with Gasteiger partial charge in [-0.2, -0.15) is 5.26 Å². The Morgan fingerprint density at radius 1 is 1.08 bits per heavy atom. The highest BCUT2D eigenvalue weighted by molar-refractivity contribution is 5.63. The third-order valence-corrected chi connectivity index (χ3v) is 4.18. The van der Waals surface area contributed by atoms with Crippen LogP contribution in [0.5, 0.6) is 0 Å². The monoisotopic (exact) mass is 332 g/mol. The van der Waals surface area contributed by atoms with Crippen LogP contribution in [0.4, 0.5) is 4.39 Å². The van der Waals surface area contributed by atoms with E-state index in [1.54, 1.807) is 23.6 Å². The summed E-state index contributed by atoms with van der Waals surface area (Å²) in [5.41, 5.74) is 3.99. The molecule has 0 spiro atoms. The fourth-order valence-electron chi connectivity index (χ4n) is 2.88. The molecule has 0 fully saturated rings. The number of hydrogen-bond acceptors (Lipinski definition) is 2. The second-order valence-electron chi connectivity index (χ2n) is 6.09. The van der Waals surface area contributed by atoms with Crippen LogP contribution in [0.15, 0.2) is 59.4 Å². The van der Waals surface area contributed by atoms with Gasteiger partial charge in [0.2, 0.25) is 0 Å². The van der Waals surface area contributed by atoms with E-state index in [0.29, 0.717) is 5.56 Å². The zero-order chi connectivity index (χ0) is 18.0. The summed E-state index contributed by atoms with van der Waals surface area (Å²) in [6, 6.07) is 17.7. The molecule has 0 radical (unpaired) electrons. The van der Waals surface area contributed by atoms with Crippen LogP contribution in [0.3, 0.4) is 0 Å². The highest BCUT2D eigenvalue weighted by atomic mass is 19.1. The lowest BCUT2D eigenvalue weighted by Gasteiger charge is -2.16. The molecule has 0 aliphatic carbocycles. The summed E-state index contributed by atoms with van der Waals surface area (Å²) in [6.45, 7) is 4.03. The first kappa shape index (κ1) is 16.7. The molecule has 2 aromatic carbocycles. The lowest BCUT2D eigenvalue weighted by molar-refractivity contribution is 0.626. The van der Waals surface area contributed by atoms with Crippen LogP contribution < -0.4 is 5.56 Å². The van der Waals surface area contributed by atoms with Gasteiger partial charge in [0.05, 0.1) is 12.2 Å². The van der Waals surface area contributed by atoms with Gasteiger partial charge >= 0.3 is 0 Å². The van der Waals surface area contributed by atoms with Crippen LogP contribution in [-0.2, 0) is 6.54 Å². The van der Waals surface area contributed by atoms with Crippen molar-refractivity contribution in [1.29, 1.82) is 5.26 Å². The number of aryl methyl sites for hydroxylation is 2. The minimum Gasteiger partial charge on any atom is -0.303 e. The molecule has 0 aliphatic heterocycles. The summed E-state index contributed by atoms with van der Waals surface area (Å²) in [7, 11) is 0. The first-order valence-corrected chi connectivity index (χ1v) is 7.95. The van der Waals surface area contributed by atoms with Crippen molar-refractivity contribution in [2.24, 2.45) is 0 Å². The van der Waals surface area contributed by atoms with Gasteiger partial charge in [-0.25, -0.2) is 4.39 Å². The van der Waals surface area contributed by atoms with E-state index >= 15 is 0 Å². The Morgan fingerprint density at radius 3 is 2.44 bits per heavy atom. The van der Waals surface area contributed by atoms with E-state index in [1.165, 1.54) is 12.1 Å². The normalized spacial score (nSPS) is 10.5. The van der Waals surface area contributed by atoms with Crippen LogP contribution >= 0.6 is 0 Å². The highest BCUT2D eigenvalue weighted by Gasteiger charge is 2.14. The van der Waals surface area contributed by atoms with Gasteiger partial charge in [-0.1, -0.05) is 35.9 Å². The van der Waals surface area contributed by atoms with Gasteiger partial charge in [-0.05, 0) is 54.8 Å². The highest BCUT2D eigenvalue weighted by Crippen LogP contribution is 2.22. The van der Waals surface area contributed by atoms with Gasteiger partial charge in [-0.3, -0.25) is 4.79 Å². The van der Waals surface area contributed by atoms with Crippen molar-refractivity contribution in [3.8, 4) is 17.3 Å². The predicted octanol–water partition coefficient (Wildman–Crippen LogP) is 4.19. The number of halogens is 1. The summed E-state index contributed by atoms with van der Waals surface area (Å²) >= 11 is 0. The molecule has 3 nitrogen and oxygen atoms in total. The van der Waals surface area contributed by atoms with E-state index in [4.69, 9.17) is 0 Å². The molecule has 3 aromatic rings. The second kappa shape index (κ2) is 6.74. The molecule has 4 heteroatoms. The molecular formula is C21H17FN2O. The third-order valence-electron chi connectivity index (χ3n) is 4.18. The third kappa shape index (κ3) is 3.36. The molecule has 1 aromatic heterocycles. The summed E-state index contributed by atoms with van der Waals surface area (Å²) in [6.07, 6.45) is 0. The Hall–Kier alpha value is -3.19. The van der Waals surface area contributed by atoms with Crippen molar-refractivity contribution in [2.75, 3.05) is 0 Å². The van der Waals surface area contributed by atoms with Crippen molar-refractivity contribution in [2.45, 2.75) is 20.4 Å². The molecule has 0 saturated carbocycles. The number of nitrogens with zero attached hydrogens (tertiary/aromatic N) is 2. The molecule has 1 heterocycles. The standard InChI is InChI=1S/C21H17FN2O/c1-14-4-3-5-17(10-14)20-11-15(2)19(12-23)21(25)24(20)13-16-6-8-18(22)9-7-16/h3-11H,13H2,1-2H3. The summed E-state index contributed by atoms with van der Waals surface area (Å²) in [4.78, 5) is 12.8. The van der Waals surface area contributed by atoms with Gasteiger partial charge in [0.15, 0.2) is 0 Å². The Balaban J connectivity index is 2.22. The fraction of sp³-hybridized carbons (Fsp3) is 0.143. The van der Waals surface area contributed by atoms with Gasteiger partial charge in [0.1, 0.15) is 17.4 Å². The van der Waals surface area contributed by atoms with Crippen molar-refractivity contribution in [3.63, 3.8) is 0 Å². The van der Waals surface area contributed by atoms with E-state index in [9.17, 15) is 14.4 Å². The minimum atomic E-state index is -0.330. The molecule has 0 N–H and O–H groups in total. The number of hydrogen-bond donors (Lipinski definition) is 0. The number of benzene rings is 2. The number of aromatic nitrogens is 1. The maximum Gasteiger partial charge on any atom is 0.269 e. The van der Waals surface area contributed by atoms with Crippen LogP contribution in [-0.4, -0.2) is 4.57 Å². The lowest BCUT2D eigenvalue weighted by atomic mass is 10.0. The summed E-state index contributed by atoms with van der Waals surface area (Å²) in [5, 5.41) is 9.32. The molecule has 3 rings (SSSR count). The van der Waals surface area contributed by atoms with Crippen LogP contribution in [0.2, 0.25) is 0 Å². The molecule has 0 bridgehead atoms. The zero-order valence-corrected chi connectivity index (χ0v) is 14.1. The van der Waals surface area contributed by atoms with Crippen molar-refractivity contribution >= 4 is 0 Å². The zero-order valence-electron chi connectivity index (χ0n) is 14.1. The maximum atomic E-state index is 13.2. The average Bonchev–Trinajstić information content (AvgIpc) is 2.59. The van der Waals surface area contributed by atoms with Gasteiger partial charge in [-0.15, -0.1) is 0 Å². The first-order valence-electron chi connectivity index (χ1n) is 7.95. The van der Waals surface area contributed by atoms with Crippen molar-refractivity contribution < 1.29 is 4.39 Å². The molecule has 25 heavy (non-hydrogen) atoms. The molecular weight excluding hydrogens is 315 g/mol. The molecule has 124 valence electrons. The summed E-state index contributed by atoms with van der Waals surface area (Å²) in [5.74, 6) is -0.323. The number of rotatable bonds is 3. The van der Waals surface area contributed by atoms with Crippen LogP contribution in [0.25, 0.3) is 11.3 Å². The predicted molar refractivity (Wildman–Crippen MR) is 95.8 cm³/mol. The van der Waals surface area contributed by atoms with E-state index in [-0.39, 0.29) is 23.5 Å². The maximum absolute atomic E-state index is 13.2. The summed E-state index contributed by atoms with van der Waals surface area (Å²) < 4.78 is 14.7. The van der Waals surface area contributed by atoms with Crippen molar-refractivity contribution in [1.82, 2.24) is 4.57 Å². The fourth-order valence-corrected chi connectivity index (χ4v) is 2.88. The lowest BCUT2D eigenvalue weighted by Crippen LogP contribution is -2.26. The molecule has 0 amide bonds. The van der Waals surface area contributed by atoms with Gasteiger partial charge in [0, 0.05) is 0 Å². The Labute approximate surface area is 145 Å². The Kier molecular flexibility index (Phi) is 4.49. The van der Waals surface area contributed by atoms with E-state index in [2.05, 4.69) is 0 Å². The quantitative estimate of drug-likeness (QED) is 0.722. The van der Waals surface area contributed by atoms with Gasteiger partial charge < -0.3 is 4.57 Å². The van der Waals surface area contributed by atoms with Crippen LogP contribution in [0.1, 0.15) is 22.3 Å². The molecule has 0 unspecified atom stereocenters. The molecule has 0 saturated heterocycles. The SMILES string of the molecule is Cc1cccc(-c2cc(C)c(C#N)c(=O)n2Cc2ccc(F)cc2)c1. The van der Waals surface area contributed by atoms with E-state index in [0.717, 1.165) is 22.4 Å². The smallest absolute Gasteiger partial charge is 0.269 e. The largest absolute Gasteiger partial charge is 0.303 e. The minimum absolute atomic E-state index is 0.138. The second-order valence-corrected chi connectivity index (χ2v) is 6.09. The first-order chi connectivity index (χ1) is 12.0. The van der Waals surface area contributed by atoms with E-state index < -0.39 is 0 Å². The topological polar surface area (TPSA) is 45.8 Å². The van der Waals surface area contributed by atoms with Crippen LogP contribution in [0, 0.1) is 31.0 Å². The Morgan fingerprint density at radius 2 is 1.80 bits per heavy atom. The Bertz CT molecular complexity index is 1030.